The molecule has 0 radical (unpaired) electrons. The van der Waals surface area contributed by atoms with Crippen molar-refractivity contribution < 1.29 is 18.0 Å². The van der Waals surface area contributed by atoms with Crippen molar-refractivity contribution in [1.29, 1.82) is 0 Å². The number of amides is 1. The average molecular weight is 590 g/mol. The lowest BCUT2D eigenvalue weighted by Gasteiger charge is -2.46. The molecule has 0 aromatic carbocycles. The van der Waals surface area contributed by atoms with E-state index in [9.17, 15) is 18.0 Å². The van der Waals surface area contributed by atoms with Crippen molar-refractivity contribution >= 4 is 28.5 Å². The van der Waals surface area contributed by atoms with Crippen molar-refractivity contribution in [2.75, 3.05) is 38.5 Å². The summed E-state index contributed by atoms with van der Waals surface area (Å²) in [7, 11) is 0. The Hall–Kier alpha value is -4.25. The summed E-state index contributed by atoms with van der Waals surface area (Å²) < 4.78 is 40.5. The van der Waals surface area contributed by atoms with Gasteiger partial charge in [0, 0.05) is 56.1 Å². The number of fused-ring (bicyclic) bond motifs is 1. The van der Waals surface area contributed by atoms with E-state index in [2.05, 4.69) is 34.7 Å². The molecular weight excluding hydrogens is 555 g/mol. The molecule has 0 atom stereocenters. The Morgan fingerprint density at radius 3 is 2.63 bits per heavy atom. The fraction of sp³-hybridized carbons (Fsp3) is 0.375. The number of hydrogen-bond acceptors (Lipinski definition) is 6. The number of hydrogen-bond donors (Lipinski definition) is 1. The second-order valence-corrected chi connectivity index (χ2v) is 11.2. The van der Waals surface area contributed by atoms with Gasteiger partial charge in [-0.3, -0.25) is 19.1 Å². The van der Waals surface area contributed by atoms with Gasteiger partial charge in [-0.05, 0) is 42.9 Å². The number of nitrogens with zero attached hydrogens (tertiary/aromatic N) is 6. The molecule has 0 bridgehead atoms. The zero-order valence-electron chi connectivity index (χ0n) is 23.8. The minimum absolute atomic E-state index is 0.0818. The number of piperazine rings is 1. The van der Waals surface area contributed by atoms with Gasteiger partial charge in [0.05, 0.1) is 12.3 Å². The quantitative estimate of drug-likeness (QED) is 0.510. The number of nitrogens with two attached hydrogens (primary N) is 1. The highest BCUT2D eigenvalue weighted by atomic mass is 19.4. The molecular formula is C32H34F3N7O. The molecule has 6 rings (SSSR count). The molecule has 0 unspecified atom stereocenters. The van der Waals surface area contributed by atoms with Gasteiger partial charge in [0.25, 0.3) is 0 Å². The van der Waals surface area contributed by atoms with Crippen LogP contribution in [-0.2, 0) is 4.79 Å². The Bertz CT molecular complexity index is 1610. The number of aliphatic imine (C=N–C) groups is 1. The lowest BCUT2D eigenvalue weighted by Crippen LogP contribution is -2.56. The summed E-state index contributed by atoms with van der Waals surface area (Å²) in [5.41, 5.74) is 11.8. The Kier molecular flexibility index (Phi) is 7.91. The first-order valence-corrected chi connectivity index (χ1v) is 14.6. The van der Waals surface area contributed by atoms with E-state index in [0.29, 0.717) is 25.5 Å². The molecule has 8 nitrogen and oxygen atoms in total. The van der Waals surface area contributed by atoms with Gasteiger partial charge in [0.15, 0.2) is 0 Å². The summed E-state index contributed by atoms with van der Waals surface area (Å²) in [6, 6.07) is 0.227. The third kappa shape index (κ3) is 5.86. The first-order valence-electron chi connectivity index (χ1n) is 14.6. The van der Waals surface area contributed by atoms with Gasteiger partial charge < -0.3 is 10.6 Å². The maximum Gasteiger partial charge on any atom is 0.471 e. The number of anilines is 1. The van der Waals surface area contributed by atoms with Gasteiger partial charge in [0.1, 0.15) is 22.9 Å². The lowest BCUT2D eigenvalue weighted by molar-refractivity contribution is -0.187. The average Bonchev–Trinajstić information content (AvgIpc) is 3.36. The summed E-state index contributed by atoms with van der Waals surface area (Å²) in [4.78, 5) is 29.1. The largest absolute Gasteiger partial charge is 0.471 e. The van der Waals surface area contributed by atoms with E-state index in [1.807, 2.05) is 34.9 Å². The number of halogens is 3. The number of rotatable bonds is 6. The van der Waals surface area contributed by atoms with Crippen LogP contribution in [0.25, 0.3) is 11.1 Å². The van der Waals surface area contributed by atoms with Crippen LogP contribution in [0.5, 0.6) is 0 Å². The summed E-state index contributed by atoms with van der Waals surface area (Å²) in [5.74, 6) is -0.324. The Balaban J connectivity index is 1.22. The van der Waals surface area contributed by atoms with Crippen LogP contribution in [0.3, 0.4) is 0 Å². The first-order chi connectivity index (χ1) is 20.7. The maximum atomic E-state index is 12.8. The summed E-state index contributed by atoms with van der Waals surface area (Å²) in [6.45, 7) is 5.45. The van der Waals surface area contributed by atoms with Crippen molar-refractivity contribution in [1.82, 2.24) is 24.2 Å². The van der Waals surface area contributed by atoms with Gasteiger partial charge in [-0.2, -0.15) is 13.2 Å². The standard InChI is InChI=1S/C32H34F3N7O/c1-2-6-22-9-10-23(19-26(22)38-20-21-7-4-3-5-8-21)27-28-29(36)37-11-12-42(28)30(39-27)24-17-25(18-24)40-13-15-41(16-14-40)31(43)32(33,34)35/h2,4,6-12,19,24-25H,1,3,5,13-18,20H2,(H2,36,37)/b22-6-,38-26?. The fourth-order valence-electron chi connectivity index (χ4n) is 6.20. The van der Waals surface area contributed by atoms with Gasteiger partial charge in [-0.25, -0.2) is 9.97 Å². The summed E-state index contributed by atoms with van der Waals surface area (Å²) in [5, 5.41) is 0. The topological polar surface area (TPSA) is 92.1 Å². The van der Waals surface area contributed by atoms with Crippen LogP contribution in [-0.4, -0.2) is 80.7 Å². The molecule has 1 saturated heterocycles. The summed E-state index contributed by atoms with van der Waals surface area (Å²) in [6.07, 6.45) is 18.7. The van der Waals surface area contributed by atoms with E-state index >= 15 is 0 Å². The minimum atomic E-state index is -4.83. The molecule has 4 aliphatic rings. The van der Waals surface area contributed by atoms with Crippen molar-refractivity contribution in [3.8, 4) is 0 Å². The smallest absolute Gasteiger partial charge is 0.382 e. The van der Waals surface area contributed by atoms with Crippen LogP contribution in [0.2, 0.25) is 0 Å². The molecule has 1 aliphatic heterocycles. The van der Waals surface area contributed by atoms with Crippen molar-refractivity contribution in [2.45, 2.75) is 43.8 Å². The van der Waals surface area contributed by atoms with E-state index in [4.69, 9.17) is 15.7 Å². The Morgan fingerprint density at radius 1 is 1.14 bits per heavy atom. The monoisotopic (exact) mass is 589 g/mol. The molecule has 3 heterocycles. The van der Waals surface area contributed by atoms with Crippen LogP contribution >= 0.6 is 0 Å². The highest BCUT2D eigenvalue weighted by molar-refractivity contribution is 6.17. The third-order valence-electron chi connectivity index (χ3n) is 8.55. The molecule has 224 valence electrons. The molecule has 1 amide bonds. The maximum absolute atomic E-state index is 12.8. The normalized spacial score (nSPS) is 24.8. The molecule has 1 saturated carbocycles. The van der Waals surface area contributed by atoms with Gasteiger partial charge in [-0.15, -0.1) is 0 Å². The zero-order chi connectivity index (χ0) is 30.1. The fourth-order valence-corrected chi connectivity index (χ4v) is 6.20. The molecule has 43 heavy (non-hydrogen) atoms. The number of nitrogen functional groups attached to an aromatic ring is 1. The van der Waals surface area contributed by atoms with E-state index < -0.39 is 12.1 Å². The van der Waals surface area contributed by atoms with Gasteiger partial charge in [-0.1, -0.05) is 49.1 Å². The van der Waals surface area contributed by atoms with E-state index in [1.54, 1.807) is 12.3 Å². The SMILES string of the molecule is C=C/C=C1/C=CC(c2nc(C3CC(N4CCN(C(=O)C(F)(F)F)CC4)C3)n3ccnc(N)c23)=CC1=NCC1=CCCC=C1. The highest BCUT2D eigenvalue weighted by Crippen LogP contribution is 2.42. The van der Waals surface area contributed by atoms with Gasteiger partial charge >= 0.3 is 12.1 Å². The predicted molar refractivity (Wildman–Crippen MR) is 162 cm³/mol. The second-order valence-electron chi connectivity index (χ2n) is 11.2. The predicted octanol–water partition coefficient (Wildman–Crippen LogP) is 5.05. The Morgan fingerprint density at radius 2 is 1.93 bits per heavy atom. The van der Waals surface area contributed by atoms with E-state index in [0.717, 1.165) is 64.5 Å². The molecule has 2 fully saturated rings. The van der Waals surface area contributed by atoms with Crippen LogP contribution in [0.15, 0.2) is 83.7 Å². The van der Waals surface area contributed by atoms with E-state index in [1.165, 1.54) is 5.57 Å². The lowest BCUT2D eigenvalue weighted by atomic mass is 9.78. The number of carbonyl (C=O) groups excluding carboxylic acids is 1. The number of carbonyl (C=O) groups is 1. The molecule has 2 aromatic heterocycles. The van der Waals surface area contributed by atoms with Crippen molar-refractivity contribution in [3.63, 3.8) is 0 Å². The van der Waals surface area contributed by atoms with E-state index in [-0.39, 0.29) is 25.0 Å². The molecule has 0 spiro atoms. The summed E-state index contributed by atoms with van der Waals surface area (Å²) >= 11 is 0. The Labute approximate surface area is 248 Å². The number of imidazole rings is 1. The van der Waals surface area contributed by atoms with Crippen LogP contribution in [0.1, 0.15) is 43.1 Å². The molecule has 2 N–H and O–H groups in total. The highest BCUT2D eigenvalue weighted by Gasteiger charge is 2.45. The first kappa shape index (κ1) is 28.9. The second kappa shape index (κ2) is 11.8. The van der Waals surface area contributed by atoms with Crippen molar-refractivity contribution in [2.24, 2.45) is 4.99 Å². The molecule has 3 aliphatic carbocycles. The van der Waals surface area contributed by atoms with Crippen LogP contribution in [0, 0.1) is 0 Å². The number of allylic oxidation sites excluding steroid dienone is 9. The molecule has 2 aromatic rings. The van der Waals surface area contributed by atoms with Crippen LogP contribution in [0.4, 0.5) is 19.0 Å². The third-order valence-corrected chi connectivity index (χ3v) is 8.55. The van der Waals surface area contributed by atoms with Gasteiger partial charge in [0.2, 0.25) is 0 Å². The minimum Gasteiger partial charge on any atom is -0.382 e. The molecule has 11 heteroatoms. The zero-order valence-corrected chi connectivity index (χ0v) is 23.8. The van der Waals surface area contributed by atoms with Crippen LogP contribution < -0.4 is 5.73 Å². The van der Waals surface area contributed by atoms with Crippen molar-refractivity contribution in [3.05, 3.63) is 90.2 Å². The number of alkyl halides is 3. The number of aromatic nitrogens is 3.